The molecule has 0 unspecified atom stereocenters. The molecule has 0 aliphatic carbocycles. The third-order valence-electron chi connectivity index (χ3n) is 2.80. The van der Waals surface area contributed by atoms with Crippen LogP contribution in [0.25, 0.3) is 5.57 Å². The van der Waals surface area contributed by atoms with Crippen molar-refractivity contribution in [1.82, 2.24) is 0 Å². The summed E-state index contributed by atoms with van der Waals surface area (Å²) < 4.78 is 0. The first-order chi connectivity index (χ1) is 6.91. The molecule has 0 aromatic heterocycles. The minimum absolute atomic E-state index is 0.585. The van der Waals surface area contributed by atoms with E-state index in [-0.39, 0.29) is 0 Å². The van der Waals surface area contributed by atoms with Gasteiger partial charge in [-0.3, -0.25) is 0 Å². The molecule has 0 heterocycles. The molecule has 1 rings (SSSR count). The Kier molecular flexibility index (Phi) is 3.73. The second kappa shape index (κ2) is 4.65. The van der Waals surface area contributed by atoms with Gasteiger partial charge in [-0.15, -0.1) is 0 Å². The van der Waals surface area contributed by atoms with E-state index in [0.717, 1.165) is 5.57 Å². The van der Waals surface area contributed by atoms with Gasteiger partial charge in [-0.2, -0.15) is 0 Å². The zero-order valence-electron chi connectivity index (χ0n) is 10.6. The van der Waals surface area contributed by atoms with Gasteiger partial charge < -0.3 is 0 Å². The normalized spacial score (nSPS) is 11.1. The number of hydrogen-bond acceptors (Lipinski definition) is 0. The first-order valence-electron chi connectivity index (χ1n) is 5.72. The lowest BCUT2D eigenvalue weighted by Crippen LogP contribution is -1.95. The highest BCUT2D eigenvalue weighted by Crippen LogP contribution is 2.26. The average Bonchev–Trinajstić information content (AvgIpc) is 2.16. The molecule has 0 saturated heterocycles. The van der Waals surface area contributed by atoms with Gasteiger partial charge in [0.25, 0.3) is 0 Å². The molecule has 0 atom stereocenters. The lowest BCUT2D eigenvalue weighted by molar-refractivity contribution is 0.833. The Morgan fingerprint density at radius 2 is 1.33 bits per heavy atom. The van der Waals surface area contributed by atoms with Crippen molar-refractivity contribution < 1.29 is 0 Å². The third kappa shape index (κ3) is 2.95. The molecule has 0 bridgehead atoms. The van der Waals surface area contributed by atoms with Crippen LogP contribution in [0.3, 0.4) is 0 Å². The highest BCUT2D eigenvalue weighted by atomic mass is 14.1. The topological polar surface area (TPSA) is 0 Å². The Labute approximate surface area is 94.0 Å². The second-order valence-electron chi connectivity index (χ2n) is 4.98. The fourth-order valence-electron chi connectivity index (χ4n) is 1.59. The summed E-state index contributed by atoms with van der Waals surface area (Å²) >= 11 is 0. The van der Waals surface area contributed by atoms with Gasteiger partial charge in [0, 0.05) is 0 Å². The van der Waals surface area contributed by atoms with Gasteiger partial charge in [0.2, 0.25) is 0 Å². The van der Waals surface area contributed by atoms with Crippen LogP contribution in [0.4, 0.5) is 0 Å². The molecule has 0 fully saturated rings. The van der Waals surface area contributed by atoms with E-state index in [9.17, 15) is 0 Å². The minimum atomic E-state index is 0.585. The molecule has 0 radical (unpaired) electrons. The Morgan fingerprint density at radius 1 is 0.933 bits per heavy atom. The molecule has 0 saturated carbocycles. The highest BCUT2D eigenvalue weighted by Gasteiger charge is 2.07. The Balaban J connectivity index is 3.26. The van der Waals surface area contributed by atoms with E-state index in [4.69, 9.17) is 0 Å². The number of benzene rings is 1. The van der Waals surface area contributed by atoms with Gasteiger partial charge in [0.05, 0.1) is 0 Å². The van der Waals surface area contributed by atoms with Crippen molar-refractivity contribution in [3.63, 3.8) is 0 Å². The summed E-state index contributed by atoms with van der Waals surface area (Å²) in [7, 11) is 0. The molecule has 0 amide bonds. The first-order valence-corrected chi connectivity index (χ1v) is 5.72. The van der Waals surface area contributed by atoms with Crippen LogP contribution in [-0.4, -0.2) is 0 Å². The van der Waals surface area contributed by atoms with Crippen LogP contribution in [0.15, 0.2) is 24.8 Å². The van der Waals surface area contributed by atoms with Gasteiger partial charge >= 0.3 is 0 Å². The maximum atomic E-state index is 4.03. The van der Waals surface area contributed by atoms with Crippen molar-refractivity contribution in [2.45, 2.75) is 46.5 Å². The molecule has 0 heteroatoms. The number of rotatable bonds is 3. The van der Waals surface area contributed by atoms with Crippen molar-refractivity contribution in [2.75, 3.05) is 0 Å². The molecule has 15 heavy (non-hydrogen) atoms. The highest BCUT2D eigenvalue weighted by molar-refractivity contribution is 5.63. The van der Waals surface area contributed by atoms with E-state index in [1.165, 1.54) is 16.7 Å². The fraction of sp³-hybridized carbons (Fsp3) is 0.467. The fourth-order valence-corrected chi connectivity index (χ4v) is 1.59. The van der Waals surface area contributed by atoms with Gasteiger partial charge in [0.1, 0.15) is 0 Å². The summed E-state index contributed by atoms with van der Waals surface area (Å²) in [5, 5.41) is 0. The van der Waals surface area contributed by atoms with Crippen LogP contribution < -0.4 is 0 Å². The van der Waals surface area contributed by atoms with E-state index in [2.05, 4.69) is 59.4 Å². The van der Waals surface area contributed by atoms with E-state index in [0.29, 0.717) is 11.8 Å². The Morgan fingerprint density at radius 3 is 1.60 bits per heavy atom. The second-order valence-corrected chi connectivity index (χ2v) is 4.98. The third-order valence-corrected chi connectivity index (χ3v) is 2.80. The maximum absolute atomic E-state index is 4.03. The van der Waals surface area contributed by atoms with Gasteiger partial charge in [-0.05, 0) is 35.4 Å². The lowest BCUT2D eigenvalue weighted by atomic mass is 9.91. The van der Waals surface area contributed by atoms with Crippen LogP contribution in [0.5, 0.6) is 0 Å². The minimum Gasteiger partial charge on any atom is -0.0955 e. The van der Waals surface area contributed by atoms with Crippen molar-refractivity contribution in [3.8, 4) is 0 Å². The van der Waals surface area contributed by atoms with Crippen molar-refractivity contribution in [2.24, 2.45) is 0 Å². The first kappa shape index (κ1) is 12.0. The zero-order valence-corrected chi connectivity index (χ0v) is 10.6. The average molecular weight is 202 g/mol. The van der Waals surface area contributed by atoms with Crippen LogP contribution in [-0.2, 0) is 0 Å². The van der Waals surface area contributed by atoms with E-state index >= 15 is 0 Å². The molecule has 1 aromatic rings. The molecule has 82 valence electrons. The largest absolute Gasteiger partial charge is 0.0955 e. The lowest BCUT2D eigenvalue weighted by Gasteiger charge is -2.14. The van der Waals surface area contributed by atoms with E-state index < -0.39 is 0 Å². The Bertz CT molecular complexity index is 330. The number of hydrogen-bond donors (Lipinski definition) is 0. The van der Waals surface area contributed by atoms with Crippen molar-refractivity contribution >= 4 is 5.57 Å². The molecule has 0 spiro atoms. The van der Waals surface area contributed by atoms with Gasteiger partial charge in [0.15, 0.2) is 0 Å². The van der Waals surface area contributed by atoms with Crippen LogP contribution in [0, 0.1) is 0 Å². The molecule has 0 aliphatic heterocycles. The van der Waals surface area contributed by atoms with E-state index in [1.807, 2.05) is 0 Å². The predicted octanol–water partition coefficient (Wildman–Crippen LogP) is 4.97. The number of allylic oxidation sites excluding steroid dienone is 1. The Hall–Kier alpha value is -1.04. The van der Waals surface area contributed by atoms with Crippen LogP contribution in [0.1, 0.15) is 63.1 Å². The summed E-state index contributed by atoms with van der Waals surface area (Å²) in [4.78, 5) is 0. The molecule has 0 N–H and O–H groups in total. The zero-order chi connectivity index (χ0) is 11.6. The predicted molar refractivity (Wildman–Crippen MR) is 69.3 cm³/mol. The molecular formula is C15H22. The summed E-state index contributed by atoms with van der Waals surface area (Å²) in [5.74, 6) is 1.17. The smallest absolute Gasteiger partial charge is 0.0219 e. The summed E-state index contributed by atoms with van der Waals surface area (Å²) in [6.07, 6.45) is 0. The van der Waals surface area contributed by atoms with Crippen molar-refractivity contribution in [1.29, 1.82) is 0 Å². The van der Waals surface area contributed by atoms with E-state index in [1.54, 1.807) is 0 Å². The van der Waals surface area contributed by atoms with Gasteiger partial charge in [-0.1, -0.05) is 58.0 Å². The molecule has 1 aromatic carbocycles. The monoisotopic (exact) mass is 202 g/mol. The molecular weight excluding hydrogens is 180 g/mol. The quantitative estimate of drug-likeness (QED) is 0.649. The van der Waals surface area contributed by atoms with Gasteiger partial charge in [-0.25, -0.2) is 0 Å². The summed E-state index contributed by atoms with van der Waals surface area (Å²) in [6.45, 7) is 15.1. The summed E-state index contributed by atoms with van der Waals surface area (Å²) in [6, 6.07) is 6.85. The summed E-state index contributed by atoms with van der Waals surface area (Å²) in [5.41, 5.74) is 5.27. The SMILES string of the molecule is C=C(C)c1cc(C(C)C)cc(C(C)C)c1. The molecule has 0 nitrogen and oxygen atoms in total. The van der Waals surface area contributed by atoms with Crippen LogP contribution in [0.2, 0.25) is 0 Å². The van der Waals surface area contributed by atoms with Crippen LogP contribution >= 0.6 is 0 Å². The van der Waals surface area contributed by atoms with Crippen molar-refractivity contribution in [3.05, 3.63) is 41.5 Å². The molecule has 0 aliphatic rings. The standard InChI is InChI=1S/C15H22/c1-10(2)13-7-14(11(3)4)9-15(8-13)12(5)6/h7-9,11-12H,1H2,2-6H3. The maximum Gasteiger partial charge on any atom is -0.0219 e.